The smallest absolute Gasteiger partial charge is 0.180 e. The predicted molar refractivity (Wildman–Crippen MR) is 126 cm³/mol. The van der Waals surface area contributed by atoms with Crippen molar-refractivity contribution in [2.24, 2.45) is 10.8 Å². The van der Waals surface area contributed by atoms with E-state index in [-0.39, 0.29) is 22.4 Å². The Balaban J connectivity index is 2.44. The van der Waals surface area contributed by atoms with Gasteiger partial charge in [0.05, 0.1) is 5.03 Å². The third-order valence-corrected chi connectivity index (χ3v) is 6.53. The fraction of sp³-hybridized carbons (Fsp3) is 0.783. The topological polar surface area (TPSA) is 44.0 Å². The number of carbonyl (C=O) groups is 2. The molecular formula is C23H40N2O2S2. The normalized spacial score (nSPS) is 12.4. The number of aromatic nitrogens is 2. The van der Waals surface area contributed by atoms with E-state index in [4.69, 9.17) is 12.2 Å². The van der Waals surface area contributed by atoms with Crippen LogP contribution in [-0.4, -0.2) is 20.7 Å². The first kappa shape index (κ1) is 26.2. The SMILES string of the molecule is CCCC(C)(C)CCC(=O)CCC(=O)CCC(C)(C)Cn1c(S)cn(CC)c1=S. The molecule has 0 saturated heterocycles. The Kier molecular flexibility index (Phi) is 10.4. The minimum absolute atomic E-state index is 0.0700. The van der Waals surface area contributed by atoms with Crippen molar-refractivity contribution >= 4 is 36.4 Å². The van der Waals surface area contributed by atoms with Crippen molar-refractivity contribution in [2.75, 3.05) is 0 Å². The van der Waals surface area contributed by atoms with Crippen LogP contribution in [0.5, 0.6) is 0 Å². The molecule has 1 heterocycles. The first-order chi connectivity index (χ1) is 13.4. The standard InChI is InChI=1S/C23H40N2O2S2/c1-7-13-22(3,4)14-11-18(26)9-10-19(27)12-15-23(5,6)17-25-20(28)16-24(8-2)21(25)29/h16,28H,7-15,17H2,1-6H3. The van der Waals surface area contributed by atoms with Gasteiger partial charge in [0.2, 0.25) is 0 Å². The maximum absolute atomic E-state index is 12.3. The molecule has 0 amide bonds. The summed E-state index contributed by atoms with van der Waals surface area (Å²) in [5.74, 6) is 0.397. The van der Waals surface area contributed by atoms with E-state index in [0.717, 1.165) is 48.6 Å². The van der Waals surface area contributed by atoms with Crippen LogP contribution in [0.3, 0.4) is 0 Å². The Morgan fingerprint density at radius 2 is 1.45 bits per heavy atom. The molecule has 0 fully saturated rings. The minimum atomic E-state index is -0.0700. The molecule has 166 valence electrons. The van der Waals surface area contributed by atoms with Crippen molar-refractivity contribution < 1.29 is 9.59 Å². The maximum Gasteiger partial charge on any atom is 0.180 e. The summed E-state index contributed by atoms with van der Waals surface area (Å²) in [5.41, 5.74) is 0.141. The number of hydrogen-bond acceptors (Lipinski definition) is 4. The largest absolute Gasteiger partial charge is 0.323 e. The van der Waals surface area contributed by atoms with E-state index < -0.39 is 0 Å². The number of imidazole rings is 1. The number of thiol groups is 1. The molecule has 29 heavy (non-hydrogen) atoms. The Bertz CT molecular complexity index is 745. The van der Waals surface area contributed by atoms with Gasteiger partial charge in [-0.1, -0.05) is 41.0 Å². The highest BCUT2D eigenvalue weighted by Gasteiger charge is 2.23. The summed E-state index contributed by atoms with van der Waals surface area (Å²) in [7, 11) is 0. The van der Waals surface area contributed by atoms with E-state index in [9.17, 15) is 9.59 Å². The van der Waals surface area contributed by atoms with Crippen LogP contribution in [0.1, 0.15) is 92.9 Å². The quantitative estimate of drug-likeness (QED) is 0.260. The van der Waals surface area contributed by atoms with Crippen LogP contribution < -0.4 is 0 Å². The number of rotatable bonds is 14. The molecule has 1 aromatic heterocycles. The van der Waals surface area contributed by atoms with Crippen molar-refractivity contribution in [3.05, 3.63) is 11.0 Å². The van der Waals surface area contributed by atoms with Gasteiger partial charge in [-0.2, -0.15) is 0 Å². The number of carbonyl (C=O) groups excluding carboxylic acids is 2. The van der Waals surface area contributed by atoms with E-state index in [2.05, 4.69) is 54.2 Å². The summed E-state index contributed by atoms with van der Waals surface area (Å²) < 4.78 is 4.81. The molecule has 0 aliphatic carbocycles. The van der Waals surface area contributed by atoms with Crippen molar-refractivity contribution in [2.45, 2.75) is 111 Å². The summed E-state index contributed by atoms with van der Waals surface area (Å²) in [4.78, 5) is 24.5. The average molecular weight is 441 g/mol. The zero-order valence-corrected chi connectivity index (χ0v) is 20.9. The van der Waals surface area contributed by atoms with Gasteiger partial charge < -0.3 is 9.13 Å². The van der Waals surface area contributed by atoms with Gasteiger partial charge in [0, 0.05) is 45.0 Å². The Labute approximate surface area is 187 Å². The Morgan fingerprint density at radius 3 is 1.90 bits per heavy atom. The van der Waals surface area contributed by atoms with Crippen LogP contribution in [0.25, 0.3) is 0 Å². The Morgan fingerprint density at radius 1 is 0.931 bits per heavy atom. The van der Waals surface area contributed by atoms with Crippen LogP contribution in [0.15, 0.2) is 11.2 Å². The molecule has 4 nitrogen and oxygen atoms in total. The molecule has 0 aromatic carbocycles. The lowest BCUT2D eigenvalue weighted by molar-refractivity contribution is -0.124. The van der Waals surface area contributed by atoms with Crippen molar-refractivity contribution in [1.29, 1.82) is 0 Å². The van der Waals surface area contributed by atoms with E-state index >= 15 is 0 Å². The zero-order chi connectivity index (χ0) is 22.2. The third-order valence-electron chi connectivity index (χ3n) is 5.72. The van der Waals surface area contributed by atoms with Crippen molar-refractivity contribution in [3.63, 3.8) is 0 Å². The van der Waals surface area contributed by atoms with Gasteiger partial charge in [-0.15, -0.1) is 12.6 Å². The van der Waals surface area contributed by atoms with Gasteiger partial charge in [-0.25, -0.2) is 0 Å². The molecule has 1 aromatic rings. The van der Waals surface area contributed by atoms with Crippen molar-refractivity contribution in [1.82, 2.24) is 9.13 Å². The van der Waals surface area contributed by atoms with Gasteiger partial charge in [0.1, 0.15) is 11.6 Å². The molecule has 0 N–H and O–H groups in total. The summed E-state index contributed by atoms with van der Waals surface area (Å²) in [5, 5.41) is 0.854. The molecular weight excluding hydrogens is 400 g/mol. The monoisotopic (exact) mass is 440 g/mol. The zero-order valence-electron chi connectivity index (χ0n) is 19.2. The van der Waals surface area contributed by atoms with E-state index in [1.807, 2.05) is 15.3 Å². The van der Waals surface area contributed by atoms with Crippen LogP contribution >= 0.6 is 24.8 Å². The lowest BCUT2D eigenvalue weighted by Gasteiger charge is -2.25. The summed E-state index contributed by atoms with van der Waals surface area (Å²) in [6.45, 7) is 14.5. The average Bonchev–Trinajstić information content (AvgIpc) is 2.90. The lowest BCUT2D eigenvalue weighted by Crippen LogP contribution is -2.22. The molecule has 0 atom stereocenters. The summed E-state index contributed by atoms with van der Waals surface area (Å²) in [6, 6.07) is 0. The van der Waals surface area contributed by atoms with Gasteiger partial charge in [-0.3, -0.25) is 9.59 Å². The molecule has 0 unspecified atom stereocenters. The number of hydrogen-bond donors (Lipinski definition) is 1. The van der Waals surface area contributed by atoms with Crippen LogP contribution in [0.2, 0.25) is 0 Å². The number of nitrogens with zero attached hydrogens (tertiary/aromatic N) is 2. The second kappa shape index (κ2) is 11.5. The second-order valence-corrected chi connectivity index (χ2v) is 10.6. The molecule has 0 saturated carbocycles. The van der Waals surface area contributed by atoms with Crippen molar-refractivity contribution in [3.8, 4) is 0 Å². The number of aryl methyl sites for hydroxylation is 1. The fourth-order valence-corrected chi connectivity index (χ4v) is 4.40. The van der Waals surface area contributed by atoms with Gasteiger partial charge in [-0.05, 0) is 49.2 Å². The van der Waals surface area contributed by atoms with E-state index in [0.29, 0.717) is 25.7 Å². The number of Topliss-reactive ketones (excluding diaryl/α,β-unsaturated/α-hetero) is 2. The van der Waals surface area contributed by atoms with Crippen LogP contribution in [-0.2, 0) is 22.7 Å². The highest BCUT2D eigenvalue weighted by atomic mass is 32.1. The molecule has 0 aliphatic rings. The first-order valence-corrected chi connectivity index (χ1v) is 11.8. The maximum atomic E-state index is 12.3. The molecule has 0 bridgehead atoms. The molecule has 6 heteroatoms. The molecule has 0 aliphatic heterocycles. The van der Waals surface area contributed by atoms with Gasteiger partial charge in [0.15, 0.2) is 4.77 Å². The third kappa shape index (κ3) is 9.20. The Hall–Kier alpha value is -0.880. The predicted octanol–water partition coefficient (Wildman–Crippen LogP) is 6.66. The number of ketones is 2. The second-order valence-electron chi connectivity index (χ2n) is 9.80. The lowest BCUT2D eigenvalue weighted by atomic mass is 9.82. The summed E-state index contributed by atoms with van der Waals surface area (Å²) in [6.07, 6.45) is 7.75. The highest BCUT2D eigenvalue weighted by molar-refractivity contribution is 7.80. The summed E-state index contributed by atoms with van der Waals surface area (Å²) >= 11 is 10.1. The first-order valence-electron chi connectivity index (χ1n) is 10.9. The molecule has 0 radical (unpaired) electrons. The molecule has 0 spiro atoms. The van der Waals surface area contributed by atoms with E-state index in [1.54, 1.807) is 0 Å². The highest BCUT2D eigenvalue weighted by Crippen LogP contribution is 2.29. The van der Waals surface area contributed by atoms with Crippen LogP contribution in [0, 0.1) is 15.6 Å². The molecule has 1 rings (SSSR count). The van der Waals surface area contributed by atoms with Crippen LogP contribution in [0.4, 0.5) is 0 Å². The van der Waals surface area contributed by atoms with Gasteiger partial charge >= 0.3 is 0 Å². The fourth-order valence-electron chi connectivity index (χ4n) is 3.69. The van der Waals surface area contributed by atoms with Gasteiger partial charge in [0.25, 0.3) is 0 Å². The van der Waals surface area contributed by atoms with E-state index in [1.165, 1.54) is 0 Å². The minimum Gasteiger partial charge on any atom is -0.323 e.